The molecule has 0 amide bonds. The fourth-order valence-electron chi connectivity index (χ4n) is 2.27. The number of nitrogen functional groups attached to an aromatic ring is 1. The molecular formula is C15H22N4. The topological polar surface area (TPSA) is 47.1 Å². The Morgan fingerprint density at radius 3 is 2.47 bits per heavy atom. The van der Waals surface area contributed by atoms with Crippen molar-refractivity contribution in [2.24, 2.45) is 0 Å². The van der Waals surface area contributed by atoms with Crippen molar-refractivity contribution in [1.82, 2.24) is 9.78 Å². The summed E-state index contributed by atoms with van der Waals surface area (Å²) in [5.41, 5.74) is 10.1. The fourth-order valence-corrected chi connectivity index (χ4v) is 2.27. The highest BCUT2D eigenvalue weighted by atomic mass is 15.3. The molecule has 0 unspecified atom stereocenters. The third-order valence-corrected chi connectivity index (χ3v) is 3.28. The van der Waals surface area contributed by atoms with Crippen LogP contribution in [0.5, 0.6) is 0 Å². The maximum Gasteiger partial charge on any atom is 0.0598 e. The number of aromatic nitrogens is 2. The standard InChI is InChI=1S/C15H22N4/c1-4-18(14-8-6-13(16)7-9-14)11-15-10-12(3)17-19(15)5-2/h6-10H,4-5,11,16H2,1-3H3. The van der Waals surface area contributed by atoms with Crippen molar-refractivity contribution < 1.29 is 0 Å². The van der Waals surface area contributed by atoms with E-state index in [4.69, 9.17) is 5.73 Å². The second-order valence-electron chi connectivity index (χ2n) is 4.70. The Morgan fingerprint density at radius 1 is 1.21 bits per heavy atom. The van der Waals surface area contributed by atoms with E-state index in [0.717, 1.165) is 31.0 Å². The number of anilines is 2. The molecule has 1 aromatic heterocycles. The molecule has 0 bridgehead atoms. The number of hydrogen-bond donors (Lipinski definition) is 1. The second kappa shape index (κ2) is 5.78. The Morgan fingerprint density at radius 2 is 1.89 bits per heavy atom. The molecule has 0 saturated carbocycles. The normalized spacial score (nSPS) is 10.7. The second-order valence-corrected chi connectivity index (χ2v) is 4.70. The summed E-state index contributed by atoms with van der Waals surface area (Å²) in [6.45, 7) is 9.05. The lowest BCUT2D eigenvalue weighted by atomic mass is 10.2. The molecule has 1 aromatic carbocycles. The Labute approximate surface area is 114 Å². The van der Waals surface area contributed by atoms with Gasteiger partial charge in [-0.2, -0.15) is 5.10 Å². The van der Waals surface area contributed by atoms with Gasteiger partial charge in [0, 0.05) is 24.5 Å². The number of nitrogens with zero attached hydrogens (tertiary/aromatic N) is 3. The molecule has 0 atom stereocenters. The molecule has 4 nitrogen and oxygen atoms in total. The molecule has 2 aromatic rings. The first-order valence-corrected chi connectivity index (χ1v) is 6.77. The van der Waals surface area contributed by atoms with E-state index in [1.807, 2.05) is 19.1 Å². The molecule has 19 heavy (non-hydrogen) atoms. The summed E-state index contributed by atoms with van der Waals surface area (Å²) in [4.78, 5) is 2.32. The van der Waals surface area contributed by atoms with Crippen LogP contribution in [-0.2, 0) is 13.1 Å². The molecule has 0 fully saturated rings. The van der Waals surface area contributed by atoms with Crippen LogP contribution in [0.15, 0.2) is 30.3 Å². The summed E-state index contributed by atoms with van der Waals surface area (Å²) in [6.07, 6.45) is 0. The van der Waals surface area contributed by atoms with Gasteiger partial charge in [-0.3, -0.25) is 4.68 Å². The van der Waals surface area contributed by atoms with Gasteiger partial charge in [-0.1, -0.05) is 0 Å². The maximum atomic E-state index is 5.74. The summed E-state index contributed by atoms with van der Waals surface area (Å²) in [6, 6.07) is 10.2. The molecule has 1 heterocycles. The third-order valence-electron chi connectivity index (χ3n) is 3.28. The van der Waals surface area contributed by atoms with Crippen LogP contribution in [0.25, 0.3) is 0 Å². The van der Waals surface area contributed by atoms with Gasteiger partial charge in [0.25, 0.3) is 0 Å². The maximum absolute atomic E-state index is 5.74. The molecule has 102 valence electrons. The van der Waals surface area contributed by atoms with E-state index in [2.05, 4.69) is 46.7 Å². The summed E-state index contributed by atoms with van der Waals surface area (Å²) in [5.74, 6) is 0. The molecule has 0 saturated heterocycles. The molecule has 2 N–H and O–H groups in total. The summed E-state index contributed by atoms with van der Waals surface area (Å²) >= 11 is 0. The van der Waals surface area contributed by atoms with Crippen LogP contribution in [0, 0.1) is 6.92 Å². The first-order valence-electron chi connectivity index (χ1n) is 6.77. The zero-order valence-electron chi connectivity index (χ0n) is 11.9. The molecule has 0 aliphatic carbocycles. The monoisotopic (exact) mass is 258 g/mol. The number of rotatable bonds is 5. The lowest BCUT2D eigenvalue weighted by Crippen LogP contribution is -2.23. The molecule has 0 aliphatic rings. The minimum Gasteiger partial charge on any atom is -0.399 e. The van der Waals surface area contributed by atoms with E-state index in [1.165, 1.54) is 11.4 Å². The first kappa shape index (κ1) is 13.5. The van der Waals surface area contributed by atoms with Gasteiger partial charge in [0.15, 0.2) is 0 Å². The van der Waals surface area contributed by atoms with Crippen molar-refractivity contribution >= 4 is 11.4 Å². The third kappa shape index (κ3) is 3.08. The summed E-state index contributed by atoms with van der Waals surface area (Å²) < 4.78 is 2.06. The largest absolute Gasteiger partial charge is 0.399 e. The van der Waals surface area contributed by atoms with Crippen LogP contribution in [0.2, 0.25) is 0 Å². The van der Waals surface area contributed by atoms with Crippen molar-refractivity contribution in [2.75, 3.05) is 17.2 Å². The van der Waals surface area contributed by atoms with Crippen LogP contribution in [0.4, 0.5) is 11.4 Å². The van der Waals surface area contributed by atoms with Crippen molar-refractivity contribution in [3.63, 3.8) is 0 Å². The number of benzene rings is 1. The molecule has 0 aliphatic heterocycles. The van der Waals surface area contributed by atoms with Crippen molar-refractivity contribution in [3.05, 3.63) is 41.7 Å². The SMILES string of the molecule is CCN(Cc1cc(C)nn1CC)c1ccc(N)cc1. The quantitative estimate of drug-likeness (QED) is 0.839. The molecule has 4 heteroatoms. The molecule has 2 rings (SSSR count). The van der Waals surface area contributed by atoms with Gasteiger partial charge in [-0.05, 0) is 51.1 Å². The van der Waals surface area contributed by atoms with Crippen molar-refractivity contribution in [2.45, 2.75) is 33.9 Å². The highest BCUT2D eigenvalue weighted by Gasteiger charge is 2.10. The van der Waals surface area contributed by atoms with E-state index in [0.29, 0.717) is 0 Å². The van der Waals surface area contributed by atoms with Crippen molar-refractivity contribution in [1.29, 1.82) is 0 Å². The van der Waals surface area contributed by atoms with Crippen LogP contribution < -0.4 is 10.6 Å². The van der Waals surface area contributed by atoms with Gasteiger partial charge in [-0.25, -0.2) is 0 Å². The average molecular weight is 258 g/mol. The molecule has 0 spiro atoms. The van der Waals surface area contributed by atoms with Gasteiger partial charge < -0.3 is 10.6 Å². The number of nitrogens with two attached hydrogens (primary N) is 1. The first-order chi connectivity index (χ1) is 9.13. The Balaban J connectivity index is 2.21. The van der Waals surface area contributed by atoms with Crippen LogP contribution in [0.1, 0.15) is 25.2 Å². The van der Waals surface area contributed by atoms with Gasteiger partial charge in [-0.15, -0.1) is 0 Å². The summed E-state index contributed by atoms with van der Waals surface area (Å²) in [7, 11) is 0. The molecular weight excluding hydrogens is 236 g/mol. The van der Waals surface area contributed by atoms with E-state index >= 15 is 0 Å². The lowest BCUT2D eigenvalue weighted by Gasteiger charge is -2.23. The van der Waals surface area contributed by atoms with E-state index in [-0.39, 0.29) is 0 Å². The van der Waals surface area contributed by atoms with E-state index in [9.17, 15) is 0 Å². The van der Waals surface area contributed by atoms with Gasteiger partial charge in [0.05, 0.1) is 17.9 Å². The average Bonchev–Trinajstić information content (AvgIpc) is 2.77. The Bertz CT molecular complexity index is 528. The number of hydrogen-bond acceptors (Lipinski definition) is 3. The highest BCUT2D eigenvalue weighted by molar-refractivity contribution is 5.53. The summed E-state index contributed by atoms with van der Waals surface area (Å²) in [5, 5.41) is 4.49. The van der Waals surface area contributed by atoms with Crippen LogP contribution >= 0.6 is 0 Å². The highest BCUT2D eigenvalue weighted by Crippen LogP contribution is 2.19. The van der Waals surface area contributed by atoms with Gasteiger partial charge in [0.2, 0.25) is 0 Å². The van der Waals surface area contributed by atoms with E-state index in [1.54, 1.807) is 0 Å². The van der Waals surface area contributed by atoms with Crippen LogP contribution in [0.3, 0.4) is 0 Å². The minimum atomic E-state index is 0.800. The van der Waals surface area contributed by atoms with Crippen LogP contribution in [-0.4, -0.2) is 16.3 Å². The number of aryl methyl sites for hydroxylation is 2. The Kier molecular flexibility index (Phi) is 4.10. The molecule has 0 radical (unpaired) electrons. The minimum absolute atomic E-state index is 0.800. The van der Waals surface area contributed by atoms with Gasteiger partial charge in [0.1, 0.15) is 0 Å². The van der Waals surface area contributed by atoms with Crippen molar-refractivity contribution in [3.8, 4) is 0 Å². The zero-order chi connectivity index (χ0) is 13.8. The van der Waals surface area contributed by atoms with E-state index < -0.39 is 0 Å². The lowest BCUT2D eigenvalue weighted by molar-refractivity contribution is 0.608. The predicted octanol–water partition coefficient (Wildman–Crippen LogP) is 2.82. The smallest absolute Gasteiger partial charge is 0.0598 e. The van der Waals surface area contributed by atoms with Gasteiger partial charge >= 0.3 is 0 Å². The zero-order valence-corrected chi connectivity index (χ0v) is 11.9. The Hall–Kier alpha value is -1.97. The predicted molar refractivity (Wildman–Crippen MR) is 80.2 cm³/mol. The fraction of sp³-hybridized carbons (Fsp3) is 0.400.